The monoisotopic (exact) mass is 349 g/mol. The molecule has 1 aromatic carbocycles. The van der Waals surface area contributed by atoms with E-state index in [0.29, 0.717) is 17.0 Å². The summed E-state index contributed by atoms with van der Waals surface area (Å²) in [4.78, 5) is 23.8. The molecule has 126 valence electrons. The minimum absolute atomic E-state index is 0.0313. The van der Waals surface area contributed by atoms with Crippen LogP contribution in [0.15, 0.2) is 24.3 Å². The van der Waals surface area contributed by atoms with Gasteiger partial charge in [-0.05, 0) is 31.2 Å². The number of nitrogens with zero attached hydrogens (tertiary/aromatic N) is 1. The third kappa shape index (κ3) is 4.84. The zero-order chi connectivity index (χ0) is 17.0. The average molecular weight is 350 g/mol. The molecule has 2 N–H and O–H groups in total. The summed E-state index contributed by atoms with van der Waals surface area (Å²) in [6.45, 7) is 0.988. The van der Waals surface area contributed by atoms with Crippen LogP contribution in [0.3, 0.4) is 0 Å². The third-order valence-electron chi connectivity index (χ3n) is 3.37. The van der Waals surface area contributed by atoms with Crippen molar-refractivity contribution in [2.75, 3.05) is 19.6 Å². The van der Waals surface area contributed by atoms with Crippen LogP contribution in [-0.4, -0.2) is 41.9 Å². The summed E-state index contributed by atoms with van der Waals surface area (Å²) in [5.74, 6) is -1.33. The lowest BCUT2D eigenvalue weighted by Crippen LogP contribution is -2.42. The van der Waals surface area contributed by atoms with Crippen molar-refractivity contribution in [2.24, 2.45) is 0 Å². The molecular formula is C14H15ClF3N3O2. The molecule has 1 saturated heterocycles. The lowest BCUT2D eigenvalue weighted by molar-refractivity contribution is -0.137. The highest BCUT2D eigenvalue weighted by Crippen LogP contribution is 2.29. The average Bonchev–Trinajstić information content (AvgIpc) is 2.98. The van der Waals surface area contributed by atoms with Gasteiger partial charge in [-0.25, -0.2) is 4.42 Å². The predicted molar refractivity (Wildman–Crippen MR) is 77.8 cm³/mol. The van der Waals surface area contributed by atoms with E-state index in [0.717, 1.165) is 25.1 Å². The van der Waals surface area contributed by atoms with Crippen LogP contribution in [0.25, 0.3) is 0 Å². The Kier molecular flexibility index (Phi) is 5.48. The quantitative estimate of drug-likeness (QED) is 0.815. The van der Waals surface area contributed by atoms with Crippen molar-refractivity contribution in [3.05, 3.63) is 35.4 Å². The zero-order valence-electron chi connectivity index (χ0n) is 12.0. The summed E-state index contributed by atoms with van der Waals surface area (Å²) in [5.41, 5.74) is -1.18. The number of benzene rings is 1. The van der Waals surface area contributed by atoms with Gasteiger partial charge in [0.2, 0.25) is 5.91 Å². The van der Waals surface area contributed by atoms with Crippen LogP contribution in [0.1, 0.15) is 22.3 Å². The number of nitrogens with one attached hydrogen (secondary N) is 2. The summed E-state index contributed by atoms with van der Waals surface area (Å²) in [6, 6.07) is 3.86. The van der Waals surface area contributed by atoms with Crippen LogP contribution in [0.4, 0.5) is 13.2 Å². The maximum Gasteiger partial charge on any atom is 0.416 e. The van der Waals surface area contributed by atoms with E-state index in [1.165, 1.54) is 6.07 Å². The molecule has 1 aliphatic heterocycles. The molecule has 0 radical (unpaired) electrons. The second-order valence-electron chi connectivity index (χ2n) is 5.16. The lowest BCUT2D eigenvalue weighted by atomic mass is 10.1. The van der Waals surface area contributed by atoms with E-state index in [4.69, 9.17) is 11.8 Å². The fraction of sp³-hybridized carbons (Fsp3) is 0.429. The van der Waals surface area contributed by atoms with Gasteiger partial charge in [0.25, 0.3) is 5.91 Å². The van der Waals surface area contributed by atoms with Gasteiger partial charge in [0.15, 0.2) is 0 Å². The van der Waals surface area contributed by atoms with E-state index in [2.05, 4.69) is 10.6 Å². The maximum atomic E-state index is 12.6. The number of amides is 2. The van der Waals surface area contributed by atoms with Gasteiger partial charge in [-0.1, -0.05) is 6.07 Å². The van der Waals surface area contributed by atoms with E-state index in [1.54, 1.807) is 0 Å². The van der Waals surface area contributed by atoms with Crippen molar-refractivity contribution in [3.63, 3.8) is 0 Å². The lowest BCUT2D eigenvalue weighted by Gasteiger charge is -2.17. The minimum atomic E-state index is -4.56. The molecule has 0 aliphatic carbocycles. The normalized spacial score (nSPS) is 17.8. The number of carbonyl (C=O) groups is 2. The van der Waals surface area contributed by atoms with Crippen LogP contribution in [0.5, 0.6) is 0 Å². The van der Waals surface area contributed by atoms with Gasteiger partial charge >= 0.3 is 6.18 Å². The second kappa shape index (κ2) is 7.18. The van der Waals surface area contributed by atoms with Crippen LogP contribution < -0.4 is 10.6 Å². The van der Waals surface area contributed by atoms with Gasteiger partial charge in [0.05, 0.1) is 5.56 Å². The molecule has 1 fully saturated rings. The molecule has 0 aromatic heterocycles. The Morgan fingerprint density at radius 3 is 2.74 bits per heavy atom. The van der Waals surface area contributed by atoms with Crippen molar-refractivity contribution in [1.82, 2.24) is 15.1 Å². The van der Waals surface area contributed by atoms with Gasteiger partial charge in [-0.3, -0.25) is 9.59 Å². The van der Waals surface area contributed by atoms with Gasteiger partial charge in [-0.2, -0.15) is 13.2 Å². The highest BCUT2D eigenvalue weighted by atomic mass is 35.5. The Balaban J connectivity index is 1.97. The molecule has 0 unspecified atom stereocenters. The molecule has 5 nitrogen and oxygen atoms in total. The number of halogens is 4. The minimum Gasteiger partial charge on any atom is -0.350 e. The first-order valence-electron chi connectivity index (χ1n) is 6.92. The smallest absolute Gasteiger partial charge is 0.350 e. The molecule has 1 atom stereocenters. The molecule has 0 saturated carbocycles. The van der Waals surface area contributed by atoms with Crippen LogP contribution in [0, 0.1) is 0 Å². The summed E-state index contributed by atoms with van der Waals surface area (Å²) >= 11 is 5.74. The number of hydrogen-bond acceptors (Lipinski definition) is 3. The topological polar surface area (TPSA) is 61.4 Å². The molecule has 1 aromatic rings. The first-order valence-corrected chi connectivity index (χ1v) is 7.26. The molecule has 1 aliphatic rings. The first-order chi connectivity index (χ1) is 10.8. The summed E-state index contributed by atoms with van der Waals surface area (Å²) in [7, 11) is 0. The van der Waals surface area contributed by atoms with Gasteiger partial charge < -0.3 is 10.6 Å². The van der Waals surface area contributed by atoms with Crippen molar-refractivity contribution < 1.29 is 22.8 Å². The van der Waals surface area contributed by atoms with E-state index >= 15 is 0 Å². The largest absolute Gasteiger partial charge is 0.416 e. The molecule has 23 heavy (non-hydrogen) atoms. The van der Waals surface area contributed by atoms with Crippen LogP contribution >= 0.6 is 11.8 Å². The molecule has 2 rings (SSSR count). The van der Waals surface area contributed by atoms with Crippen LogP contribution in [-0.2, 0) is 11.0 Å². The van der Waals surface area contributed by atoms with Gasteiger partial charge in [-0.15, -0.1) is 0 Å². The van der Waals surface area contributed by atoms with E-state index < -0.39 is 30.1 Å². The molecule has 0 spiro atoms. The highest BCUT2D eigenvalue weighted by molar-refractivity contribution is 6.25. The molecular weight excluding hydrogens is 335 g/mol. The summed E-state index contributed by atoms with van der Waals surface area (Å²) in [6.07, 6.45) is -3.78. The Morgan fingerprint density at radius 2 is 2.13 bits per heavy atom. The van der Waals surface area contributed by atoms with Crippen LogP contribution in [0.2, 0.25) is 0 Å². The zero-order valence-corrected chi connectivity index (χ0v) is 12.7. The second-order valence-corrected chi connectivity index (χ2v) is 5.57. The fourth-order valence-corrected chi connectivity index (χ4v) is 2.42. The number of rotatable bonds is 4. The Morgan fingerprint density at radius 1 is 1.39 bits per heavy atom. The number of alkyl halides is 3. The highest BCUT2D eigenvalue weighted by Gasteiger charge is 2.31. The van der Waals surface area contributed by atoms with Gasteiger partial charge in [0.1, 0.15) is 6.54 Å². The molecule has 9 heteroatoms. The maximum absolute atomic E-state index is 12.6. The Hall–Kier alpha value is -1.80. The van der Waals surface area contributed by atoms with E-state index in [1.807, 2.05) is 0 Å². The van der Waals surface area contributed by atoms with Crippen molar-refractivity contribution >= 4 is 23.6 Å². The van der Waals surface area contributed by atoms with Gasteiger partial charge in [0, 0.05) is 29.9 Å². The third-order valence-corrected chi connectivity index (χ3v) is 3.64. The van der Waals surface area contributed by atoms with Crippen molar-refractivity contribution in [1.29, 1.82) is 0 Å². The SMILES string of the molecule is O=C(CN(Cl)C(=O)c1cccc(C(F)(F)F)c1)N[C@@H]1CCNC1. The Bertz CT molecular complexity index is 589. The molecule has 0 bridgehead atoms. The fourth-order valence-electron chi connectivity index (χ4n) is 2.22. The van der Waals surface area contributed by atoms with Crippen molar-refractivity contribution in [2.45, 2.75) is 18.6 Å². The summed E-state index contributed by atoms with van der Waals surface area (Å²) in [5, 5.41) is 5.76. The summed E-state index contributed by atoms with van der Waals surface area (Å²) < 4.78 is 38.5. The first kappa shape index (κ1) is 17.6. The molecule has 2 amide bonds. The molecule has 1 heterocycles. The van der Waals surface area contributed by atoms with Crippen molar-refractivity contribution in [3.8, 4) is 0 Å². The number of carbonyl (C=O) groups excluding carboxylic acids is 2. The van der Waals surface area contributed by atoms with E-state index in [9.17, 15) is 22.8 Å². The number of hydrogen-bond donors (Lipinski definition) is 2. The predicted octanol–water partition coefficient (Wildman–Crippen LogP) is 1.78. The Labute approximate surface area is 135 Å². The van der Waals surface area contributed by atoms with E-state index in [-0.39, 0.29) is 11.6 Å². The standard InChI is InChI=1S/C14H15ClF3N3O2/c15-21(8-12(22)20-11-4-5-19-7-11)13(23)9-2-1-3-10(6-9)14(16,17)18/h1-3,6,11,19H,4-5,7-8H2,(H,20,22)/t11-/m1/s1.